The third kappa shape index (κ3) is 1.68. The van der Waals surface area contributed by atoms with Crippen LogP contribution in [0.3, 0.4) is 0 Å². The van der Waals surface area contributed by atoms with Gasteiger partial charge in [0.1, 0.15) is 5.82 Å². The Morgan fingerprint density at radius 2 is 2.24 bits per heavy atom. The average Bonchev–Trinajstić information content (AvgIpc) is 2.68. The zero-order chi connectivity index (χ0) is 12.8. The second-order valence-corrected chi connectivity index (χ2v) is 4.53. The van der Waals surface area contributed by atoms with Crippen molar-refractivity contribution < 1.29 is 13.2 Å². The molecule has 0 bridgehead atoms. The van der Waals surface area contributed by atoms with Gasteiger partial charge in [-0.05, 0) is 6.08 Å². The number of nitrogens with zero attached hydrogens (tertiary/aromatic N) is 1. The van der Waals surface area contributed by atoms with Crippen LogP contribution in [-0.2, 0) is 6.42 Å². The maximum atomic E-state index is 14.3. The largest absolute Gasteiger partial charge is 0.342 e. The molecule has 1 aliphatic rings. The van der Waals surface area contributed by atoms with Crippen LogP contribution in [0.1, 0.15) is 37.0 Å². The molecule has 1 aliphatic carbocycles. The average molecular weight is 265 g/mol. The van der Waals surface area contributed by atoms with Gasteiger partial charge in [0.2, 0.25) is 5.67 Å². The first-order valence-electron chi connectivity index (χ1n) is 5.34. The van der Waals surface area contributed by atoms with Gasteiger partial charge in [0.15, 0.2) is 0 Å². The second kappa shape index (κ2) is 4.05. The standard InChI is InChI=1S/C11H12ClF3N2/c1-3-8-16-6-4-7(12)11(15,10(13)14)5(2)9(6)17-8/h4-5,10H,3H2,1-2H3,(H,16,17). The molecule has 1 heterocycles. The minimum Gasteiger partial charge on any atom is -0.342 e. The number of nitrogens with one attached hydrogen (secondary N) is 1. The summed E-state index contributed by atoms with van der Waals surface area (Å²) in [5.74, 6) is -0.423. The quantitative estimate of drug-likeness (QED) is 0.868. The summed E-state index contributed by atoms with van der Waals surface area (Å²) >= 11 is 5.65. The molecule has 0 aromatic carbocycles. The molecule has 1 aromatic rings. The molecule has 1 aromatic heterocycles. The molecule has 2 nitrogen and oxygen atoms in total. The number of hydrogen-bond donors (Lipinski definition) is 1. The van der Waals surface area contributed by atoms with E-state index in [-0.39, 0.29) is 0 Å². The molecule has 0 radical (unpaired) electrons. The summed E-state index contributed by atoms with van der Waals surface area (Å²) in [6.07, 6.45) is -1.34. The first-order valence-corrected chi connectivity index (χ1v) is 5.72. The Morgan fingerprint density at radius 3 is 2.76 bits per heavy atom. The molecule has 6 heteroatoms. The van der Waals surface area contributed by atoms with Gasteiger partial charge < -0.3 is 4.98 Å². The second-order valence-electron chi connectivity index (χ2n) is 4.12. The summed E-state index contributed by atoms with van der Waals surface area (Å²) in [5, 5.41) is -0.473. The van der Waals surface area contributed by atoms with Crippen LogP contribution in [0.15, 0.2) is 5.03 Å². The first kappa shape index (κ1) is 12.5. The van der Waals surface area contributed by atoms with Gasteiger partial charge >= 0.3 is 0 Å². The number of aromatic amines is 1. The van der Waals surface area contributed by atoms with Gasteiger partial charge in [-0.25, -0.2) is 18.2 Å². The monoisotopic (exact) mass is 264 g/mol. The van der Waals surface area contributed by atoms with Crippen molar-refractivity contribution in [3.05, 3.63) is 22.2 Å². The number of aryl methyl sites for hydroxylation is 1. The Hall–Kier alpha value is -0.970. The molecule has 2 rings (SSSR count). The van der Waals surface area contributed by atoms with Gasteiger partial charge in [-0.1, -0.05) is 25.4 Å². The van der Waals surface area contributed by atoms with Gasteiger partial charge in [0, 0.05) is 12.3 Å². The van der Waals surface area contributed by atoms with Crippen molar-refractivity contribution in [3.8, 4) is 0 Å². The summed E-state index contributed by atoms with van der Waals surface area (Å²) in [7, 11) is 0. The predicted octanol–water partition coefficient (Wildman–Crippen LogP) is 3.64. The number of fused-ring (bicyclic) bond motifs is 1. The highest BCUT2D eigenvalue weighted by atomic mass is 35.5. The highest BCUT2D eigenvalue weighted by Crippen LogP contribution is 2.48. The lowest BCUT2D eigenvalue weighted by Gasteiger charge is -2.32. The number of H-pyrrole nitrogens is 1. The smallest absolute Gasteiger partial charge is 0.277 e. The highest BCUT2D eigenvalue weighted by Gasteiger charge is 2.52. The van der Waals surface area contributed by atoms with Crippen LogP contribution in [0.25, 0.3) is 6.08 Å². The molecular weight excluding hydrogens is 253 g/mol. The minimum atomic E-state index is -3.17. The number of halogens is 4. The molecule has 1 N–H and O–H groups in total. The molecule has 0 amide bonds. The molecule has 2 unspecified atom stereocenters. The lowest BCUT2D eigenvalue weighted by Crippen LogP contribution is -2.40. The van der Waals surface area contributed by atoms with Crippen molar-refractivity contribution in [2.75, 3.05) is 0 Å². The number of imidazole rings is 1. The SMILES string of the molecule is CCc1nc2c([nH]1)C=C(Cl)C(F)(C(F)F)C2C. The van der Waals surface area contributed by atoms with Gasteiger partial charge in [-0.15, -0.1) is 0 Å². The lowest BCUT2D eigenvalue weighted by molar-refractivity contribution is -0.0202. The van der Waals surface area contributed by atoms with Crippen LogP contribution in [0.5, 0.6) is 0 Å². The maximum absolute atomic E-state index is 14.3. The lowest BCUT2D eigenvalue weighted by atomic mass is 9.83. The van der Waals surface area contributed by atoms with E-state index < -0.39 is 23.0 Å². The highest BCUT2D eigenvalue weighted by molar-refractivity contribution is 6.33. The van der Waals surface area contributed by atoms with Crippen LogP contribution in [0.4, 0.5) is 13.2 Å². The normalized spacial score (nSPS) is 28.2. The van der Waals surface area contributed by atoms with Gasteiger partial charge in [0.25, 0.3) is 6.43 Å². The Labute approximate surface area is 102 Å². The third-order valence-corrected chi connectivity index (χ3v) is 3.54. The minimum absolute atomic E-state index is 0.314. The van der Waals surface area contributed by atoms with E-state index in [0.717, 1.165) is 0 Å². The summed E-state index contributed by atoms with van der Waals surface area (Å²) in [6.45, 7) is 3.25. The maximum Gasteiger partial charge on any atom is 0.277 e. The van der Waals surface area contributed by atoms with Crippen molar-refractivity contribution in [3.63, 3.8) is 0 Å². The van der Waals surface area contributed by atoms with E-state index >= 15 is 0 Å². The van der Waals surface area contributed by atoms with Gasteiger partial charge in [0.05, 0.1) is 16.4 Å². The molecular formula is C11H12ClF3N2. The molecule has 2 atom stereocenters. The van der Waals surface area contributed by atoms with E-state index in [4.69, 9.17) is 11.6 Å². The Bertz CT molecular complexity index is 469. The number of allylic oxidation sites excluding steroid dienone is 1. The summed E-state index contributed by atoms with van der Waals surface area (Å²) < 4.78 is 40.0. The van der Waals surface area contributed by atoms with Crippen molar-refractivity contribution in [2.45, 2.75) is 38.3 Å². The van der Waals surface area contributed by atoms with Crippen molar-refractivity contribution >= 4 is 17.7 Å². The molecule has 17 heavy (non-hydrogen) atoms. The van der Waals surface area contributed by atoms with E-state index in [2.05, 4.69) is 9.97 Å². The summed E-state index contributed by atoms with van der Waals surface area (Å²) in [6, 6.07) is 0. The number of hydrogen-bond acceptors (Lipinski definition) is 1. The fraction of sp³-hybridized carbons (Fsp3) is 0.545. The molecule has 0 aliphatic heterocycles. The number of rotatable bonds is 2. The Balaban J connectivity index is 2.54. The fourth-order valence-electron chi connectivity index (χ4n) is 2.00. The van der Waals surface area contributed by atoms with Crippen LogP contribution >= 0.6 is 11.6 Å². The zero-order valence-electron chi connectivity index (χ0n) is 9.40. The first-order chi connectivity index (χ1) is 7.91. The number of aromatic nitrogens is 2. The zero-order valence-corrected chi connectivity index (χ0v) is 10.2. The van der Waals surface area contributed by atoms with E-state index in [1.807, 2.05) is 6.92 Å². The van der Waals surface area contributed by atoms with Crippen molar-refractivity contribution in [1.82, 2.24) is 9.97 Å². The van der Waals surface area contributed by atoms with E-state index in [1.165, 1.54) is 13.0 Å². The summed E-state index contributed by atoms with van der Waals surface area (Å²) in [4.78, 5) is 7.07. The van der Waals surface area contributed by atoms with E-state index in [9.17, 15) is 13.2 Å². The molecule has 0 saturated carbocycles. The van der Waals surface area contributed by atoms with Gasteiger partial charge in [-0.2, -0.15) is 0 Å². The summed E-state index contributed by atoms with van der Waals surface area (Å²) in [5.41, 5.74) is -2.00. The van der Waals surface area contributed by atoms with E-state index in [0.29, 0.717) is 23.6 Å². The van der Waals surface area contributed by atoms with Crippen molar-refractivity contribution in [1.29, 1.82) is 0 Å². The molecule has 0 spiro atoms. The fourth-order valence-corrected chi connectivity index (χ4v) is 2.35. The Kier molecular flexibility index (Phi) is 2.97. The molecule has 0 saturated heterocycles. The van der Waals surface area contributed by atoms with Gasteiger partial charge in [-0.3, -0.25) is 0 Å². The molecule has 94 valence electrons. The predicted molar refractivity (Wildman–Crippen MR) is 60.1 cm³/mol. The van der Waals surface area contributed by atoms with Crippen LogP contribution < -0.4 is 0 Å². The van der Waals surface area contributed by atoms with Crippen LogP contribution in [0.2, 0.25) is 0 Å². The Morgan fingerprint density at radius 1 is 1.59 bits per heavy atom. The van der Waals surface area contributed by atoms with Crippen LogP contribution in [-0.4, -0.2) is 22.1 Å². The van der Waals surface area contributed by atoms with Crippen molar-refractivity contribution in [2.24, 2.45) is 0 Å². The third-order valence-electron chi connectivity index (χ3n) is 3.14. The molecule has 0 fully saturated rings. The van der Waals surface area contributed by atoms with E-state index in [1.54, 1.807) is 0 Å². The topological polar surface area (TPSA) is 28.7 Å². The number of alkyl halides is 3. The van der Waals surface area contributed by atoms with Crippen LogP contribution in [0, 0.1) is 0 Å².